The predicted octanol–water partition coefficient (Wildman–Crippen LogP) is 2.14. The number of benzene rings is 2. The van der Waals surface area contributed by atoms with E-state index in [1.807, 2.05) is 30.3 Å². The van der Waals surface area contributed by atoms with Crippen molar-refractivity contribution in [1.29, 1.82) is 0 Å². The van der Waals surface area contributed by atoms with Gasteiger partial charge >= 0.3 is 5.69 Å². The first-order chi connectivity index (χ1) is 15.0. The van der Waals surface area contributed by atoms with Crippen molar-refractivity contribution in [3.63, 3.8) is 0 Å². The lowest BCUT2D eigenvalue weighted by atomic mass is 10.2. The second-order valence-corrected chi connectivity index (χ2v) is 7.08. The number of hydrogen-bond acceptors (Lipinski definition) is 5. The number of nitrogens with one attached hydrogen (secondary N) is 2. The van der Waals surface area contributed by atoms with Gasteiger partial charge in [-0.05, 0) is 17.7 Å². The summed E-state index contributed by atoms with van der Waals surface area (Å²) in [6, 6.07) is 17.6. The van der Waals surface area contributed by atoms with Gasteiger partial charge in [-0.1, -0.05) is 54.1 Å². The summed E-state index contributed by atoms with van der Waals surface area (Å²) in [5, 5.41) is 9.59. The van der Waals surface area contributed by atoms with E-state index in [9.17, 15) is 14.4 Å². The average Bonchev–Trinajstić information content (AvgIpc) is 3.22. The summed E-state index contributed by atoms with van der Waals surface area (Å²) in [5.41, 5.74) is 0.363. The van der Waals surface area contributed by atoms with Crippen LogP contribution in [0, 0.1) is 0 Å². The Hall–Kier alpha value is -3.98. The van der Waals surface area contributed by atoms with Gasteiger partial charge in [0, 0.05) is 17.8 Å². The summed E-state index contributed by atoms with van der Waals surface area (Å²) in [4.78, 5) is 41.5. The molecule has 10 heteroatoms. The smallest absolute Gasteiger partial charge is 0.296 e. The molecule has 0 unspecified atom stereocenters. The fraction of sp³-hybridized carbons (Fsp3) is 0.0952. The number of aromatic amines is 1. The van der Waals surface area contributed by atoms with Crippen LogP contribution in [0.4, 0.5) is 5.95 Å². The van der Waals surface area contributed by atoms with Crippen LogP contribution in [0.25, 0.3) is 11.4 Å². The first-order valence-corrected chi connectivity index (χ1v) is 9.70. The lowest BCUT2D eigenvalue weighted by Crippen LogP contribution is -2.41. The molecule has 0 spiro atoms. The van der Waals surface area contributed by atoms with Crippen LogP contribution in [-0.2, 0) is 17.9 Å². The Bertz CT molecular complexity index is 1340. The minimum absolute atomic E-state index is 0.00788. The number of hydrogen-bond donors (Lipinski definition) is 2. The second-order valence-electron chi connectivity index (χ2n) is 6.67. The third kappa shape index (κ3) is 4.62. The summed E-state index contributed by atoms with van der Waals surface area (Å²) >= 11 is 6.14. The lowest BCUT2D eigenvalue weighted by Gasteiger charge is -2.09. The molecule has 2 heterocycles. The maximum absolute atomic E-state index is 12.7. The van der Waals surface area contributed by atoms with E-state index < -0.39 is 23.7 Å². The molecular weight excluding hydrogens is 420 g/mol. The van der Waals surface area contributed by atoms with Crippen LogP contribution in [0.5, 0.6) is 0 Å². The summed E-state index contributed by atoms with van der Waals surface area (Å²) in [6.07, 6.45) is 1.41. The zero-order valence-electron chi connectivity index (χ0n) is 16.2. The Balaban J connectivity index is 1.50. The molecule has 31 heavy (non-hydrogen) atoms. The molecule has 0 aliphatic rings. The summed E-state index contributed by atoms with van der Waals surface area (Å²) < 4.78 is 2.23. The van der Waals surface area contributed by atoms with E-state index in [0.717, 1.165) is 10.1 Å². The SMILES string of the molecule is O=C(Cn1c(=O)ccn(Cc2ccccc2)c1=O)Nc1n[nH]c(-c2ccccc2Cl)n1. The van der Waals surface area contributed by atoms with Crippen LogP contribution in [0.2, 0.25) is 5.02 Å². The third-order valence-corrected chi connectivity index (χ3v) is 4.83. The Morgan fingerprint density at radius 2 is 1.77 bits per heavy atom. The molecule has 0 radical (unpaired) electrons. The van der Waals surface area contributed by atoms with Gasteiger partial charge in [0.05, 0.1) is 11.6 Å². The van der Waals surface area contributed by atoms with Crippen molar-refractivity contribution in [3.05, 3.63) is 98.3 Å². The minimum Gasteiger partial charge on any atom is -0.296 e. The highest BCUT2D eigenvalue weighted by molar-refractivity contribution is 6.33. The number of anilines is 1. The lowest BCUT2D eigenvalue weighted by molar-refractivity contribution is -0.116. The molecular formula is C21H17ClN6O3. The van der Waals surface area contributed by atoms with Gasteiger partial charge in [0.25, 0.3) is 5.56 Å². The van der Waals surface area contributed by atoms with Crippen LogP contribution in [0.15, 0.2) is 76.4 Å². The van der Waals surface area contributed by atoms with Crippen molar-refractivity contribution in [2.24, 2.45) is 0 Å². The van der Waals surface area contributed by atoms with E-state index in [1.165, 1.54) is 16.8 Å². The number of nitrogens with zero attached hydrogens (tertiary/aromatic N) is 4. The normalized spacial score (nSPS) is 10.7. The molecule has 156 valence electrons. The van der Waals surface area contributed by atoms with Gasteiger partial charge in [-0.15, -0.1) is 5.10 Å². The number of rotatable bonds is 6. The van der Waals surface area contributed by atoms with Crippen LogP contribution in [0.3, 0.4) is 0 Å². The van der Waals surface area contributed by atoms with Crippen LogP contribution in [-0.4, -0.2) is 30.2 Å². The van der Waals surface area contributed by atoms with E-state index >= 15 is 0 Å². The summed E-state index contributed by atoms with van der Waals surface area (Å²) in [6.45, 7) is -0.188. The molecule has 0 bridgehead atoms. The van der Waals surface area contributed by atoms with Crippen molar-refractivity contribution in [3.8, 4) is 11.4 Å². The molecule has 0 aliphatic heterocycles. The maximum atomic E-state index is 12.7. The molecule has 0 aliphatic carbocycles. The molecule has 4 rings (SSSR count). The van der Waals surface area contributed by atoms with Gasteiger partial charge in [0.2, 0.25) is 11.9 Å². The molecule has 1 amide bonds. The van der Waals surface area contributed by atoms with E-state index in [4.69, 9.17) is 11.6 Å². The fourth-order valence-corrected chi connectivity index (χ4v) is 3.23. The Morgan fingerprint density at radius 3 is 2.55 bits per heavy atom. The summed E-state index contributed by atoms with van der Waals surface area (Å²) in [5.74, 6) is -0.224. The van der Waals surface area contributed by atoms with E-state index in [1.54, 1.807) is 24.3 Å². The highest BCUT2D eigenvalue weighted by Crippen LogP contribution is 2.24. The predicted molar refractivity (Wildman–Crippen MR) is 116 cm³/mol. The highest BCUT2D eigenvalue weighted by atomic mass is 35.5. The molecule has 2 N–H and O–H groups in total. The van der Waals surface area contributed by atoms with Gasteiger partial charge in [0.1, 0.15) is 6.54 Å². The highest BCUT2D eigenvalue weighted by Gasteiger charge is 2.14. The van der Waals surface area contributed by atoms with Gasteiger partial charge < -0.3 is 0 Å². The molecule has 2 aromatic heterocycles. The van der Waals surface area contributed by atoms with Crippen molar-refractivity contribution in [2.75, 3.05) is 5.32 Å². The molecule has 2 aromatic carbocycles. The monoisotopic (exact) mass is 436 g/mol. The Morgan fingerprint density at radius 1 is 1.03 bits per heavy atom. The summed E-state index contributed by atoms with van der Waals surface area (Å²) in [7, 11) is 0. The molecule has 9 nitrogen and oxygen atoms in total. The van der Waals surface area contributed by atoms with Crippen LogP contribution >= 0.6 is 11.6 Å². The number of halogens is 1. The van der Waals surface area contributed by atoms with Gasteiger partial charge in [-0.3, -0.25) is 29.1 Å². The van der Waals surface area contributed by atoms with Crippen LogP contribution < -0.4 is 16.6 Å². The van der Waals surface area contributed by atoms with Crippen molar-refractivity contribution in [2.45, 2.75) is 13.1 Å². The molecule has 0 saturated carbocycles. The van der Waals surface area contributed by atoms with Gasteiger partial charge in [-0.2, -0.15) is 4.98 Å². The van der Waals surface area contributed by atoms with Gasteiger partial charge in [0.15, 0.2) is 5.82 Å². The molecule has 0 saturated heterocycles. The minimum atomic E-state index is -0.610. The van der Waals surface area contributed by atoms with Crippen molar-refractivity contribution in [1.82, 2.24) is 24.3 Å². The zero-order chi connectivity index (χ0) is 21.8. The first kappa shape index (κ1) is 20.3. The topological polar surface area (TPSA) is 115 Å². The molecule has 4 aromatic rings. The van der Waals surface area contributed by atoms with Crippen molar-refractivity contribution < 1.29 is 4.79 Å². The standard InChI is InChI=1S/C21H17ClN6O3/c22-16-9-5-4-8-15(16)19-24-20(26-25-19)23-17(29)13-28-18(30)10-11-27(21(28)31)12-14-6-2-1-3-7-14/h1-11H,12-13H2,(H2,23,24,25,26,29). The molecule has 0 fully saturated rings. The maximum Gasteiger partial charge on any atom is 0.331 e. The van der Waals surface area contributed by atoms with E-state index in [-0.39, 0.29) is 12.5 Å². The zero-order valence-corrected chi connectivity index (χ0v) is 16.9. The second kappa shape index (κ2) is 8.80. The third-order valence-electron chi connectivity index (χ3n) is 4.50. The van der Waals surface area contributed by atoms with Crippen molar-refractivity contribution >= 4 is 23.5 Å². The Labute approximate surface area is 181 Å². The quantitative estimate of drug-likeness (QED) is 0.480. The van der Waals surface area contributed by atoms with Gasteiger partial charge in [-0.25, -0.2) is 4.79 Å². The largest absolute Gasteiger partial charge is 0.331 e. The number of carbonyl (C=O) groups is 1. The Kier molecular flexibility index (Phi) is 5.76. The number of amides is 1. The first-order valence-electron chi connectivity index (χ1n) is 9.32. The van der Waals surface area contributed by atoms with Crippen LogP contribution in [0.1, 0.15) is 5.56 Å². The fourth-order valence-electron chi connectivity index (χ4n) is 3.00. The number of carbonyl (C=O) groups excluding carboxylic acids is 1. The number of aromatic nitrogens is 5. The molecule has 0 atom stereocenters. The average molecular weight is 437 g/mol. The number of H-pyrrole nitrogens is 1. The van der Waals surface area contributed by atoms with E-state index in [0.29, 0.717) is 16.4 Å². The van der Waals surface area contributed by atoms with E-state index in [2.05, 4.69) is 20.5 Å².